The van der Waals surface area contributed by atoms with Gasteiger partial charge in [0, 0.05) is 18.7 Å². The Kier molecular flexibility index (Phi) is 5.12. The van der Waals surface area contributed by atoms with Gasteiger partial charge in [-0.1, -0.05) is 17.7 Å². The average molecular weight is 409 g/mol. The lowest BCUT2D eigenvalue weighted by Crippen LogP contribution is -2.25. The van der Waals surface area contributed by atoms with Crippen LogP contribution in [0.3, 0.4) is 0 Å². The smallest absolute Gasteiger partial charge is 0.308 e. The highest BCUT2D eigenvalue weighted by Crippen LogP contribution is 2.28. The first-order valence-electron chi connectivity index (χ1n) is 8.09. The van der Waals surface area contributed by atoms with Crippen LogP contribution in [0.2, 0.25) is 5.02 Å². The van der Waals surface area contributed by atoms with Crippen molar-refractivity contribution in [1.82, 2.24) is 0 Å². The number of nitrogens with one attached hydrogen (secondary N) is 1. The van der Waals surface area contributed by atoms with Crippen molar-refractivity contribution in [2.75, 3.05) is 16.2 Å². The molecule has 0 spiro atoms. The van der Waals surface area contributed by atoms with Gasteiger partial charge in [-0.3, -0.25) is 14.3 Å². The van der Waals surface area contributed by atoms with E-state index in [1.165, 1.54) is 29.2 Å². The quantitative estimate of drug-likeness (QED) is 0.791. The molecule has 3 rings (SSSR count). The first kappa shape index (κ1) is 19.2. The van der Waals surface area contributed by atoms with Gasteiger partial charge in [0.2, 0.25) is 5.91 Å². The summed E-state index contributed by atoms with van der Waals surface area (Å²) in [5, 5.41) is 9.34. The van der Waals surface area contributed by atoms with E-state index in [2.05, 4.69) is 4.72 Å². The largest absolute Gasteiger partial charge is 0.481 e. The zero-order valence-electron chi connectivity index (χ0n) is 14.3. The first-order chi connectivity index (χ1) is 12.7. The van der Waals surface area contributed by atoms with Crippen molar-refractivity contribution in [2.24, 2.45) is 5.92 Å². The number of carbonyl (C=O) groups is 2. The van der Waals surface area contributed by atoms with Crippen LogP contribution < -0.4 is 9.62 Å². The van der Waals surface area contributed by atoms with E-state index in [0.29, 0.717) is 5.69 Å². The number of anilines is 2. The molecule has 0 saturated carbocycles. The van der Waals surface area contributed by atoms with Crippen LogP contribution in [0.1, 0.15) is 12.0 Å². The minimum Gasteiger partial charge on any atom is -0.481 e. The fourth-order valence-corrected chi connectivity index (χ4v) is 4.25. The molecule has 142 valence electrons. The summed E-state index contributed by atoms with van der Waals surface area (Å²) in [5.74, 6) is -2.09. The lowest BCUT2D eigenvalue weighted by atomic mass is 10.1. The van der Waals surface area contributed by atoms with Gasteiger partial charge < -0.3 is 10.0 Å². The van der Waals surface area contributed by atoms with Crippen LogP contribution in [-0.4, -0.2) is 31.9 Å². The van der Waals surface area contributed by atoms with Crippen LogP contribution in [0.25, 0.3) is 0 Å². The molecular weight excluding hydrogens is 392 g/mol. The summed E-state index contributed by atoms with van der Waals surface area (Å²) in [6, 6.07) is 10.7. The number of nitrogens with zero attached hydrogens (tertiary/aromatic N) is 1. The summed E-state index contributed by atoms with van der Waals surface area (Å²) in [6.45, 7) is 1.91. The van der Waals surface area contributed by atoms with E-state index in [0.717, 1.165) is 5.56 Å². The molecule has 2 N–H and O–H groups in total. The van der Waals surface area contributed by atoms with E-state index >= 15 is 0 Å². The maximum Gasteiger partial charge on any atom is 0.308 e. The van der Waals surface area contributed by atoms with Crippen LogP contribution in [0.5, 0.6) is 0 Å². The fraction of sp³-hybridized carbons (Fsp3) is 0.222. The number of carboxylic acid groups (broad SMARTS) is 1. The van der Waals surface area contributed by atoms with E-state index < -0.39 is 21.9 Å². The lowest BCUT2D eigenvalue weighted by Gasteiger charge is -2.17. The van der Waals surface area contributed by atoms with Gasteiger partial charge >= 0.3 is 5.97 Å². The average Bonchev–Trinajstić information content (AvgIpc) is 3.00. The highest BCUT2D eigenvalue weighted by molar-refractivity contribution is 7.92. The minimum atomic E-state index is -3.86. The number of sulfonamides is 1. The van der Waals surface area contributed by atoms with Crippen molar-refractivity contribution in [3.05, 3.63) is 53.1 Å². The van der Waals surface area contributed by atoms with E-state index in [-0.39, 0.29) is 34.5 Å². The van der Waals surface area contributed by atoms with Gasteiger partial charge in [-0.05, 0) is 48.9 Å². The predicted molar refractivity (Wildman–Crippen MR) is 102 cm³/mol. The van der Waals surface area contributed by atoms with Crippen molar-refractivity contribution in [3.8, 4) is 0 Å². The van der Waals surface area contributed by atoms with E-state index in [4.69, 9.17) is 16.7 Å². The third-order valence-electron chi connectivity index (χ3n) is 4.30. The second kappa shape index (κ2) is 7.21. The molecule has 1 fully saturated rings. The van der Waals surface area contributed by atoms with Crippen LogP contribution in [0.15, 0.2) is 47.4 Å². The number of carbonyl (C=O) groups excluding carboxylic acids is 1. The Hall–Kier alpha value is -2.58. The number of halogens is 1. The van der Waals surface area contributed by atoms with Crippen molar-refractivity contribution in [3.63, 3.8) is 0 Å². The molecular formula is C18H17ClN2O5S. The molecule has 1 aliphatic heterocycles. The summed E-state index contributed by atoms with van der Waals surface area (Å²) in [7, 11) is -3.86. The Morgan fingerprint density at radius 3 is 2.44 bits per heavy atom. The number of hydrogen-bond acceptors (Lipinski definition) is 4. The number of amides is 1. The van der Waals surface area contributed by atoms with Crippen molar-refractivity contribution in [1.29, 1.82) is 0 Å². The summed E-state index contributed by atoms with van der Waals surface area (Å²) < 4.78 is 27.5. The molecule has 0 aromatic heterocycles. The van der Waals surface area contributed by atoms with Gasteiger partial charge in [-0.2, -0.15) is 0 Å². The third-order valence-corrected chi connectivity index (χ3v) is 6.00. The molecule has 1 saturated heterocycles. The van der Waals surface area contributed by atoms with E-state index in [9.17, 15) is 18.0 Å². The van der Waals surface area contributed by atoms with Gasteiger partial charge in [0.25, 0.3) is 10.0 Å². The summed E-state index contributed by atoms with van der Waals surface area (Å²) in [6.07, 6.45) is -0.0666. The van der Waals surface area contributed by atoms with Gasteiger partial charge in [0.05, 0.1) is 21.5 Å². The van der Waals surface area contributed by atoms with Crippen LogP contribution in [0.4, 0.5) is 11.4 Å². The third kappa shape index (κ3) is 4.06. The highest BCUT2D eigenvalue weighted by Gasteiger charge is 2.35. The topological polar surface area (TPSA) is 104 Å². The molecule has 0 aliphatic carbocycles. The van der Waals surface area contributed by atoms with Crippen LogP contribution >= 0.6 is 11.6 Å². The number of hydrogen-bond donors (Lipinski definition) is 2. The van der Waals surface area contributed by atoms with Crippen molar-refractivity contribution >= 4 is 44.9 Å². The lowest BCUT2D eigenvalue weighted by molar-refractivity contribution is -0.141. The summed E-state index contributed by atoms with van der Waals surface area (Å²) in [5.41, 5.74) is 1.63. The maximum absolute atomic E-state index is 12.5. The van der Waals surface area contributed by atoms with Gasteiger partial charge in [0.1, 0.15) is 0 Å². The molecule has 7 nitrogen and oxygen atoms in total. The van der Waals surface area contributed by atoms with Gasteiger partial charge in [0.15, 0.2) is 0 Å². The van der Waals surface area contributed by atoms with Crippen LogP contribution in [-0.2, 0) is 19.6 Å². The fourth-order valence-electron chi connectivity index (χ4n) is 2.83. The van der Waals surface area contributed by atoms with Gasteiger partial charge in [-0.25, -0.2) is 8.42 Å². The molecule has 1 heterocycles. The van der Waals surface area contributed by atoms with Crippen molar-refractivity contribution in [2.45, 2.75) is 18.2 Å². The Bertz CT molecular complexity index is 1000. The molecule has 2 aromatic rings. The SMILES string of the molecule is Cc1ccc(NS(=O)(=O)c2ccc(N3CC(C(=O)O)CC3=O)cc2)c(Cl)c1. The Balaban J connectivity index is 1.80. The number of aryl methyl sites for hydroxylation is 1. The number of benzene rings is 2. The minimum absolute atomic E-state index is 0.00400. The molecule has 2 aromatic carbocycles. The van der Waals surface area contributed by atoms with E-state index in [1.54, 1.807) is 18.2 Å². The maximum atomic E-state index is 12.5. The molecule has 1 aliphatic rings. The standard InChI is InChI=1S/C18H17ClN2O5S/c1-11-2-7-16(15(19)8-11)20-27(25,26)14-5-3-13(4-6-14)21-10-12(18(23)24)9-17(21)22/h2-8,12,20H,9-10H2,1H3,(H,23,24). The Labute approximate surface area is 161 Å². The Morgan fingerprint density at radius 2 is 1.89 bits per heavy atom. The Morgan fingerprint density at radius 1 is 1.22 bits per heavy atom. The zero-order chi connectivity index (χ0) is 19.8. The zero-order valence-corrected chi connectivity index (χ0v) is 15.9. The summed E-state index contributed by atoms with van der Waals surface area (Å²) >= 11 is 6.07. The van der Waals surface area contributed by atoms with Crippen molar-refractivity contribution < 1.29 is 23.1 Å². The summed E-state index contributed by atoms with van der Waals surface area (Å²) in [4.78, 5) is 24.4. The normalized spacial score (nSPS) is 17.2. The molecule has 1 unspecified atom stereocenters. The second-order valence-electron chi connectivity index (χ2n) is 6.33. The molecule has 27 heavy (non-hydrogen) atoms. The first-order valence-corrected chi connectivity index (χ1v) is 9.96. The number of carboxylic acids is 1. The van der Waals surface area contributed by atoms with Gasteiger partial charge in [-0.15, -0.1) is 0 Å². The highest BCUT2D eigenvalue weighted by atomic mass is 35.5. The molecule has 0 bridgehead atoms. The number of aliphatic carboxylic acids is 1. The molecule has 9 heteroatoms. The molecule has 1 atom stereocenters. The van der Waals surface area contributed by atoms with Crippen LogP contribution in [0, 0.1) is 12.8 Å². The number of rotatable bonds is 5. The monoisotopic (exact) mass is 408 g/mol. The molecule has 1 amide bonds. The second-order valence-corrected chi connectivity index (χ2v) is 8.42. The molecule has 0 radical (unpaired) electrons. The predicted octanol–water partition coefficient (Wildman–Crippen LogP) is 2.89. The van der Waals surface area contributed by atoms with E-state index in [1.807, 2.05) is 6.92 Å².